The molecule has 0 bridgehead atoms. The predicted molar refractivity (Wildman–Crippen MR) is 165 cm³/mol. The van der Waals surface area contributed by atoms with Crippen molar-refractivity contribution in [2.45, 2.75) is 107 Å². The van der Waals surface area contributed by atoms with Crippen molar-refractivity contribution in [2.24, 2.45) is 17.8 Å². The Bertz CT molecular complexity index is 821. The van der Waals surface area contributed by atoms with Crippen LogP contribution in [0.3, 0.4) is 0 Å². The van der Waals surface area contributed by atoms with Gasteiger partial charge >= 0.3 is 0 Å². The Hall–Kier alpha value is -2.98. The highest BCUT2D eigenvalue weighted by molar-refractivity contribution is 6.03. The molecule has 0 aromatic heterocycles. The molecule has 0 spiro atoms. The van der Waals surface area contributed by atoms with E-state index in [1.54, 1.807) is 0 Å². The lowest BCUT2D eigenvalue weighted by Crippen LogP contribution is -2.49. The van der Waals surface area contributed by atoms with E-state index >= 15 is 0 Å². The van der Waals surface area contributed by atoms with Gasteiger partial charge in [0.25, 0.3) is 0 Å². The van der Waals surface area contributed by atoms with Crippen LogP contribution in [0.4, 0.5) is 0 Å². The molecule has 11 heteroatoms. The molecule has 1 fully saturated rings. The number of likely N-dealkylation sites (tertiary alicyclic amines) is 1. The molecule has 3 atom stereocenters. The lowest BCUT2D eigenvalue weighted by Gasteiger charge is -2.17. The number of carbonyl (C=O) groups is 6. The lowest BCUT2D eigenvalue weighted by molar-refractivity contribution is -0.140. The van der Waals surface area contributed by atoms with Crippen LogP contribution in [-0.2, 0) is 28.8 Å². The fraction of sp³-hybridized carbons (Fsp3) is 0.793. The van der Waals surface area contributed by atoms with E-state index in [0.717, 1.165) is 6.42 Å². The number of carbonyl (C=O) groups excluding carboxylic acids is 6. The minimum absolute atomic E-state index is 0. The first-order chi connectivity index (χ1) is 19.0. The highest BCUT2D eigenvalue weighted by atomic mass is 16.2. The van der Waals surface area contributed by atoms with Gasteiger partial charge in [0.2, 0.25) is 35.4 Å². The second kappa shape index (κ2) is 22.8. The zero-order valence-electron chi connectivity index (χ0n) is 26.3. The Morgan fingerprint density at radius 2 is 1.45 bits per heavy atom. The summed E-state index contributed by atoms with van der Waals surface area (Å²) in [5.74, 6) is -1.57. The van der Waals surface area contributed by atoms with Gasteiger partial charge in [0.15, 0.2) is 0 Å². The van der Waals surface area contributed by atoms with Crippen molar-refractivity contribution in [2.75, 3.05) is 26.2 Å². The van der Waals surface area contributed by atoms with Crippen LogP contribution in [0.1, 0.15) is 107 Å². The summed E-state index contributed by atoms with van der Waals surface area (Å²) in [4.78, 5) is 73.6. The van der Waals surface area contributed by atoms with Crippen molar-refractivity contribution < 1.29 is 34.5 Å². The molecule has 6 amide bonds. The molecule has 2 unspecified atom stereocenters. The number of nitrogens with one attached hydrogen (secondary N) is 4. The summed E-state index contributed by atoms with van der Waals surface area (Å²) in [5, 5.41) is 10.1. The maximum atomic E-state index is 12.4. The van der Waals surface area contributed by atoms with Gasteiger partial charge in [0.05, 0.1) is 13.1 Å². The number of hydrogen-bond acceptors (Lipinski definition) is 6. The fourth-order valence-corrected chi connectivity index (χ4v) is 3.73. The van der Waals surface area contributed by atoms with Crippen molar-refractivity contribution in [1.82, 2.24) is 26.2 Å². The Morgan fingerprint density at radius 1 is 0.850 bits per heavy atom. The smallest absolute Gasteiger partial charge is 0.242 e. The number of imide groups is 1. The van der Waals surface area contributed by atoms with E-state index in [9.17, 15) is 28.8 Å². The van der Waals surface area contributed by atoms with Gasteiger partial charge in [-0.05, 0) is 31.6 Å². The molecule has 0 aliphatic carbocycles. The summed E-state index contributed by atoms with van der Waals surface area (Å²) in [6.45, 7) is 17.8. The highest BCUT2D eigenvalue weighted by Crippen LogP contribution is 2.28. The van der Waals surface area contributed by atoms with Crippen LogP contribution >= 0.6 is 0 Å². The van der Waals surface area contributed by atoms with E-state index in [2.05, 4.69) is 21.3 Å². The molecule has 4 N–H and O–H groups in total. The maximum Gasteiger partial charge on any atom is 0.242 e. The first-order valence-electron chi connectivity index (χ1n) is 14.9. The third-order valence-electron chi connectivity index (χ3n) is 6.24. The first kappa shape index (κ1) is 39.2. The van der Waals surface area contributed by atoms with Crippen LogP contribution in [0, 0.1) is 17.8 Å². The van der Waals surface area contributed by atoms with Crippen LogP contribution < -0.4 is 21.3 Å². The molecule has 0 radical (unpaired) electrons. The van der Waals surface area contributed by atoms with Gasteiger partial charge in [-0.15, -0.1) is 0 Å². The van der Waals surface area contributed by atoms with E-state index in [0.29, 0.717) is 38.3 Å². The summed E-state index contributed by atoms with van der Waals surface area (Å²) in [5.41, 5.74) is 0. The van der Waals surface area contributed by atoms with Gasteiger partial charge in [-0.1, -0.05) is 68.2 Å². The zero-order chi connectivity index (χ0) is 31.3. The molecule has 1 aliphatic rings. The minimum Gasteiger partial charge on any atom is -0.354 e. The Kier molecular flexibility index (Phi) is 22.3. The molecule has 1 saturated heterocycles. The van der Waals surface area contributed by atoms with Crippen LogP contribution in [0.2, 0.25) is 0 Å². The van der Waals surface area contributed by atoms with Crippen molar-refractivity contribution in [3.63, 3.8) is 0 Å². The van der Waals surface area contributed by atoms with Gasteiger partial charge in [-0.2, -0.15) is 0 Å². The minimum atomic E-state index is -0.858. The molecule has 0 saturated carbocycles. The Balaban J connectivity index is -0.000000432. The Labute approximate surface area is 247 Å². The quantitative estimate of drug-likeness (QED) is 0.163. The van der Waals surface area contributed by atoms with Crippen molar-refractivity contribution >= 4 is 35.4 Å². The molecule has 0 aromatic rings. The van der Waals surface area contributed by atoms with E-state index < -0.39 is 17.9 Å². The SMILES string of the molecule is CC.CC.CCC(C)C1CC(=O)N(CCCCCC(=O)NCC(=O)N[C@@H](C)C(=O)NCC(=O)NCC(C)C)C1=O.[HH].[HH].[HH].[HH]. The monoisotopic (exact) mass is 577 g/mol. The van der Waals surface area contributed by atoms with Gasteiger partial charge in [0.1, 0.15) is 6.04 Å². The molecule has 40 heavy (non-hydrogen) atoms. The highest BCUT2D eigenvalue weighted by Gasteiger charge is 2.40. The fourth-order valence-electron chi connectivity index (χ4n) is 3.73. The summed E-state index contributed by atoms with van der Waals surface area (Å²) in [7, 11) is 0. The molecule has 0 aromatic carbocycles. The molecule has 1 heterocycles. The maximum absolute atomic E-state index is 12.4. The molecule has 1 rings (SSSR count). The summed E-state index contributed by atoms with van der Waals surface area (Å²) in [6, 6.07) is -0.858. The van der Waals surface area contributed by atoms with Crippen molar-refractivity contribution in [3.8, 4) is 0 Å². The second-order valence-corrected chi connectivity index (χ2v) is 9.87. The molecule has 240 valence electrons. The van der Waals surface area contributed by atoms with E-state index in [4.69, 9.17) is 0 Å². The molecule has 1 aliphatic heterocycles. The van der Waals surface area contributed by atoms with Crippen LogP contribution in [0.25, 0.3) is 0 Å². The number of unbranched alkanes of at least 4 members (excludes halogenated alkanes) is 2. The summed E-state index contributed by atoms with van der Waals surface area (Å²) in [6.07, 6.45) is 3.22. The number of hydrogen-bond donors (Lipinski definition) is 4. The molecular weight excluding hydrogens is 514 g/mol. The van der Waals surface area contributed by atoms with Crippen molar-refractivity contribution in [1.29, 1.82) is 0 Å². The van der Waals surface area contributed by atoms with Gasteiger partial charge in [0, 0.05) is 37.6 Å². The van der Waals surface area contributed by atoms with Crippen LogP contribution in [0.5, 0.6) is 0 Å². The number of amides is 6. The molecule has 11 nitrogen and oxygen atoms in total. The van der Waals surface area contributed by atoms with Crippen LogP contribution in [-0.4, -0.2) is 72.6 Å². The average Bonchev–Trinajstić information content (AvgIpc) is 3.23. The zero-order valence-corrected chi connectivity index (χ0v) is 26.3. The molecular formula is C29H63N5O6. The topological polar surface area (TPSA) is 154 Å². The van der Waals surface area contributed by atoms with E-state index in [1.165, 1.54) is 11.8 Å². The number of rotatable bonds is 16. The second-order valence-electron chi connectivity index (χ2n) is 9.87. The third kappa shape index (κ3) is 16.2. The summed E-state index contributed by atoms with van der Waals surface area (Å²) >= 11 is 0. The predicted octanol–water partition coefficient (Wildman–Crippen LogP) is 3.51. The van der Waals surface area contributed by atoms with Gasteiger partial charge in [-0.3, -0.25) is 33.7 Å². The number of nitrogens with zero attached hydrogens (tertiary/aromatic N) is 1. The third-order valence-corrected chi connectivity index (χ3v) is 6.24. The first-order valence-corrected chi connectivity index (χ1v) is 14.9. The van der Waals surface area contributed by atoms with Crippen molar-refractivity contribution in [3.05, 3.63) is 0 Å². The van der Waals surface area contributed by atoms with E-state index in [-0.39, 0.29) is 67.1 Å². The summed E-state index contributed by atoms with van der Waals surface area (Å²) < 4.78 is 0. The Morgan fingerprint density at radius 3 is 2.02 bits per heavy atom. The standard InChI is InChI=1S/C25H43N5O6.2C2H6.4H2/c1-6-17(4)19-12-23(34)30(25(19)36)11-9-7-8-10-20(31)27-15-22(33)29-18(5)24(35)28-14-21(32)26-13-16(2)3;2*1-2;;;;/h16-19H,6-15H2,1-5H3,(H,26,32)(H,27,31)(H,28,35)(H,29,33);2*1-2H3;4*1H/t17?,18-,19?;;;;;;/m0....../s1. The van der Waals surface area contributed by atoms with Crippen LogP contribution in [0.15, 0.2) is 0 Å². The average molecular weight is 578 g/mol. The van der Waals surface area contributed by atoms with Gasteiger partial charge in [-0.25, -0.2) is 0 Å². The largest absolute Gasteiger partial charge is 0.354 e. The normalized spacial score (nSPS) is 15.7. The van der Waals surface area contributed by atoms with Gasteiger partial charge < -0.3 is 21.3 Å². The lowest BCUT2D eigenvalue weighted by atomic mass is 9.90. The van der Waals surface area contributed by atoms with E-state index in [1.807, 2.05) is 55.4 Å².